The van der Waals surface area contributed by atoms with E-state index in [0.717, 1.165) is 12.6 Å². The van der Waals surface area contributed by atoms with E-state index in [1.54, 1.807) is 0 Å². The van der Waals surface area contributed by atoms with Gasteiger partial charge in [-0.2, -0.15) is 0 Å². The second-order valence-electron chi connectivity index (χ2n) is 6.18. The van der Waals surface area contributed by atoms with E-state index in [1.165, 1.54) is 58.3 Å². The first-order chi connectivity index (χ1) is 9.19. The van der Waals surface area contributed by atoms with Gasteiger partial charge < -0.3 is 10.2 Å². The predicted octanol–water partition coefficient (Wildman–Crippen LogP) is 2.57. The zero-order chi connectivity index (χ0) is 14.1. The van der Waals surface area contributed by atoms with E-state index in [-0.39, 0.29) is 0 Å². The van der Waals surface area contributed by atoms with Gasteiger partial charge in [0, 0.05) is 31.7 Å². The lowest BCUT2D eigenvalue weighted by molar-refractivity contribution is 0.135. The minimum absolute atomic E-state index is 0.665. The third-order valence-corrected chi connectivity index (χ3v) is 4.38. The monoisotopic (exact) mass is 269 g/mol. The highest BCUT2D eigenvalue weighted by Crippen LogP contribution is 2.15. The summed E-state index contributed by atoms with van der Waals surface area (Å²) in [6.45, 7) is 13.1. The quantitative estimate of drug-likeness (QED) is 0.683. The van der Waals surface area contributed by atoms with Crippen LogP contribution in [0.1, 0.15) is 52.9 Å². The van der Waals surface area contributed by atoms with Crippen LogP contribution in [0.2, 0.25) is 0 Å². The van der Waals surface area contributed by atoms with Crippen molar-refractivity contribution in [3.8, 4) is 0 Å². The van der Waals surface area contributed by atoms with Crippen LogP contribution >= 0.6 is 0 Å². The second kappa shape index (κ2) is 9.73. The van der Waals surface area contributed by atoms with Gasteiger partial charge in [0.15, 0.2) is 0 Å². The summed E-state index contributed by atoms with van der Waals surface area (Å²) in [4.78, 5) is 5.23. The zero-order valence-corrected chi connectivity index (χ0v) is 13.6. The van der Waals surface area contributed by atoms with Crippen LogP contribution in [-0.4, -0.2) is 61.7 Å². The molecule has 2 unspecified atom stereocenters. The van der Waals surface area contributed by atoms with Crippen LogP contribution in [0, 0.1) is 0 Å². The van der Waals surface area contributed by atoms with Crippen LogP contribution in [0.15, 0.2) is 0 Å². The topological polar surface area (TPSA) is 18.5 Å². The van der Waals surface area contributed by atoms with Gasteiger partial charge in [-0.1, -0.05) is 26.7 Å². The van der Waals surface area contributed by atoms with E-state index >= 15 is 0 Å². The van der Waals surface area contributed by atoms with Crippen molar-refractivity contribution >= 4 is 0 Å². The highest BCUT2D eigenvalue weighted by atomic mass is 15.3. The molecule has 1 saturated heterocycles. The number of hydrogen-bond acceptors (Lipinski definition) is 3. The van der Waals surface area contributed by atoms with Crippen molar-refractivity contribution in [3.05, 3.63) is 0 Å². The molecule has 0 spiro atoms. The van der Waals surface area contributed by atoms with E-state index < -0.39 is 0 Å². The number of rotatable bonds is 8. The molecule has 0 aliphatic carbocycles. The van der Waals surface area contributed by atoms with E-state index in [1.807, 2.05) is 0 Å². The molecule has 0 radical (unpaired) electrons. The molecule has 0 saturated carbocycles. The number of hydrogen-bond donors (Lipinski definition) is 1. The lowest BCUT2D eigenvalue weighted by atomic mass is 10.1. The molecule has 114 valence electrons. The smallest absolute Gasteiger partial charge is 0.0223 e. The van der Waals surface area contributed by atoms with E-state index in [2.05, 4.69) is 42.9 Å². The third-order valence-electron chi connectivity index (χ3n) is 4.38. The van der Waals surface area contributed by atoms with Crippen molar-refractivity contribution in [2.75, 3.05) is 39.8 Å². The van der Waals surface area contributed by atoms with E-state index in [0.29, 0.717) is 6.04 Å². The molecule has 3 heteroatoms. The van der Waals surface area contributed by atoms with E-state index in [4.69, 9.17) is 0 Å². The van der Waals surface area contributed by atoms with Crippen LogP contribution < -0.4 is 5.32 Å². The number of nitrogens with zero attached hydrogens (tertiary/aromatic N) is 2. The summed E-state index contributed by atoms with van der Waals surface area (Å²) in [7, 11) is 2.26. The molecule has 0 aromatic carbocycles. The maximum absolute atomic E-state index is 3.64. The lowest BCUT2D eigenvalue weighted by Crippen LogP contribution is -2.48. The molecular weight excluding hydrogens is 234 g/mol. The molecule has 3 nitrogen and oxygen atoms in total. The van der Waals surface area contributed by atoms with Crippen molar-refractivity contribution in [1.29, 1.82) is 0 Å². The fourth-order valence-corrected chi connectivity index (χ4v) is 3.13. The summed E-state index contributed by atoms with van der Waals surface area (Å²) in [6, 6.07) is 1.40. The SMILES string of the molecule is CCCCCNCC(C)N1CCCN(C)CC1CC. The summed E-state index contributed by atoms with van der Waals surface area (Å²) in [6.07, 6.45) is 6.57. The molecule has 0 bridgehead atoms. The van der Waals surface area contributed by atoms with Crippen LogP contribution in [0.25, 0.3) is 0 Å². The zero-order valence-electron chi connectivity index (χ0n) is 13.6. The molecule has 1 aliphatic rings. The summed E-state index contributed by atoms with van der Waals surface area (Å²) < 4.78 is 0. The Hall–Kier alpha value is -0.120. The fraction of sp³-hybridized carbons (Fsp3) is 1.00. The molecule has 1 rings (SSSR count). The normalized spacial score (nSPS) is 24.3. The molecular formula is C16H35N3. The Morgan fingerprint density at radius 1 is 1.21 bits per heavy atom. The maximum atomic E-state index is 3.64. The van der Waals surface area contributed by atoms with Crippen molar-refractivity contribution in [2.45, 2.75) is 65.0 Å². The highest BCUT2D eigenvalue weighted by molar-refractivity contribution is 4.82. The number of likely N-dealkylation sites (N-methyl/N-ethyl adjacent to an activating group) is 1. The first kappa shape index (κ1) is 16.9. The Kier molecular flexibility index (Phi) is 8.67. The number of nitrogens with one attached hydrogen (secondary N) is 1. The minimum Gasteiger partial charge on any atom is -0.315 e. The van der Waals surface area contributed by atoms with Crippen molar-refractivity contribution in [1.82, 2.24) is 15.1 Å². The van der Waals surface area contributed by atoms with Gasteiger partial charge in [-0.15, -0.1) is 0 Å². The van der Waals surface area contributed by atoms with Gasteiger partial charge in [0.2, 0.25) is 0 Å². The minimum atomic E-state index is 0.665. The van der Waals surface area contributed by atoms with Gasteiger partial charge in [0.25, 0.3) is 0 Å². The predicted molar refractivity (Wildman–Crippen MR) is 84.8 cm³/mol. The first-order valence-electron chi connectivity index (χ1n) is 8.34. The standard InChI is InChI=1S/C16H35N3/c1-5-7-8-10-17-13-15(3)19-12-9-11-18(4)14-16(19)6-2/h15-17H,5-14H2,1-4H3. The molecule has 0 aromatic rings. The van der Waals surface area contributed by atoms with Crippen LogP contribution in [0.3, 0.4) is 0 Å². The summed E-state index contributed by atoms with van der Waals surface area (Å²) in [5.41, 5.74) is 0. The Labute approximate surface area is 120 Å². The molecule has 19 heavy (non-hydrogen) atoms. The van der Waals surface area contributed by atoms with Gasteiger partial charge in [-0.05, 0) is 46.3 Å². The Balaban J connectivity index is 2.33. The average Bonchev–Trinajstić information content (AvgIpc) is 2.59. The molecule has 2 atom stereocenters. The molecule has 1 aliphatic heterocycles. The molecule has 0 amide bonds. The Morgan fingerprint density at radius 3 is 2.68 bits per heavy atom. The van der Waals surface area contributed by atoms with Crippen LogP contribution in [-0.2, 0) is 0 Å². The molecule has 0 aromatic heterocycles. The van der Waals surface area contributed by atoms with Crippen LogP contribution in [0.5, 0.6) is 0 Å². The fourth-order valence-electron chi connectivity index (χ4n) is 3.13. The van der Waals surface area contributed by atoms with Crippen molar-refractivity contribution in [2.24, 2.45) is 0 Å². The lowest BCUT2D eigenvalue weighted by Gasteiger charge is -2.35. The van der Waals surface area contributed by atoms with Gasteiger partial charge >= 0.3 is 0 Å². The van der Waals surface area contributed by atoms with Gasteiger partial charge in [0.1, 0.15) is 0 Å². The van der Waals surface area contributed by atoms with Crippen molar-refractivity contribution < 1.29 is 0 Å². The van der Waals surface area contributed by atoms with Gasteiger partial charge in [-0.25, -0.2) is 0 Å². The molecule has 1 heterocycles. The molecule has 1 N–H and O–H groups in total. The molecule has 1 fully saturated rings. The van der Waals surface area contributed by atoms with Gasteiger partial charge in [-0.3, -0.25) is 4.90 Å². The van der Waals surface area contributed by atoms with Gasteiger partial charge in [0.05, 0.1) is 0 Å². The van der Waals surface area contributed by atoms with E-state index in [9.17, 15) is 0 Å². The summed E-state index contributed by atoms with van der Waals surface area (Å²) in [5.74, 6) is 0. The number of unbranched alkanes of at least 4 members (excludes halogenated alkanes) is 2. The Bertz CT molecular complexity index is 220. The highest BCUT2D eigenvalue weighted by Gasteiger charge is 2.25. The largest absolute Gasteiger partial charge is 0.315 e. The summed E-state index contributed by atoms with van der Waals surface area (Å²) in [5, 5.41) is 3.64. The third kappa shape index (κ3) is 6.24. The Morgan fingerprint density at radius 2 is 2.00 bits per heavy atom. The second-order valence-corrected chi connectivity index (χ2v) is 6.18. The average molecular weight is 269 g/mol. The van der Waals surface area contributed by atoms with Crippen molar-refractivity contribution in [3.63, 3.8) is 0 Å². The summed E-state index contributed by atoms with van der Waals surface area (Å²) >= 11 is 0. The maximum Gasteiger partial charge on any atom is 0.0223 e. The van der Waals surface area contributed by atoms with Crippen LogP contribution in [0.4, 0.5) is 0 Å². The first-order valence-corrected chi connectivity index (χ1v) is 8.34.